The van der Waals surface area contributed by atoms with Crippen LogP contribution in [0.4, 0.5) is 0 Å². The van der Waals surface area contributed by atoms with E-state index in [0.717, 1.165) is 27.7 Å². The van der Waals surface area contributed by atoms with E-state index >= 15 is 0 Å². The maximum absolute atomic E-state index is 11.2. The van der Waals surface area contributed by atoms with Crippen LogP contribution in [0.1, 0.15) is 41.8 Å². The highest BCUT2D eigenvalue weighted by atomic mass is 32.1. The van der Waals surface area contributed by atoms with Crippen LogP contribution >= 0.6 is 11.3 Å². The summed E-state index contributed by atoms with van der Waals surface area (Å²) in [5.74, 6) is -1.18. The van der Waals surface area contributed by atoms with Crippen molar-refractivity contribution < 1.29 is 9.90 Å². The molecule has 0 spiro atoms. The molecule has 0 aliphatic heterocycles. The summed E-state index contributed by atoms with van der Waals surface area (Å²) < 4.78 is 2.17. The Morgan fingerprint density at radius 1 is 1.42 bits per heavy atom. The molecule has 1 saturated carbocycles. The number of carboxylic acids is 1. The highest BCUT2D eigenvalue weighted by Gasteiger charge is 2.33. The number of thiazole rings is 1. The fourth-order valence-corrected chi connectivity index (χ4v) is 3.84. The summed E-state index contributed by atoms with van der Waals surface area (Å²) in [6.45, 7) is 0. The van der Waals surface area contributed by atoms with Crippen molar-refractivity contribution in [2.45, 2.75) is 37.6 Å². The van der Waals surface area contributed by atoms with E-state index in [9.17, 15) is 9.90 Å². The number of carbonyl (C=O) groups is 1. The highest BCUT2D eigenvalue weighted by molar-refractivity contribution is 7.15. The molecule has 1 N–H and O–H groups in total. The maximum atomic E-state index is 11.2. The molecule has 5 nitrogen and oxygen atoms in total. The van der Waals surface area contributed by atoms with E-state index in [4.69, 9.17) is 0 Å². The summed E-state index contributed by atoms with van der Waals surface area (Å²) in [5, 5.41) is 10.1. The molecular formula is C13H13N3O2S. The molecule has 19 heavy (non-hydrogen) atoms. The summed E-state index contributed by atoms with van der Waals surface area (Å²) in [7, 11) is 0. The van der Waals surface area contributed by atoms with Crippen molar-refractivity contribution in [2.75, 3.05) is 0 Å². The molecular weight excluding hydrogens is 262 g/mol. The second kappa shape index (κ2) is 3.90. The van der Waals surface area contributed by atoms with Gasteiger partial charge in [-0.1, -0.05) is 0 Å². The Balaban J connectivity index is 1.75. The van der Waals surface area contributed by atoms with Gasteiger partial charge in [0.05, 0.1) is 23.9 Å². The van der Waals surface area contributed by atoms with Gasteiger partial charge >= 0.3 is 5.97 Å². The molecule has 0 amide bonds. The predicted molar refractivity (Wildman–Crippen MR) is 70.3 cm³/mol. The van der Waals surface area contributed by atoms with Crippen molar-refractivity contribution in [3.05, 3.63) is 23.1 Å². The van der Waals surface area contributed by atoms with Gasteiger partial charge in [-0.3, -0.25) is 4.79 Å². The van der Waals surface area contributed by atoms with Crippen LogP contribution in [0.25, 0.3) is 10.7 Å². The number of hydrogen-bond acceptors (Lipinski definition) is 4. The van der Waals surface area contributed by atoms with Crippen molar-refractivity contribution in [1.82, 2.24) is 14.5 Å². The molecule has 0 aromatic carbocycles. The molecule has 98 valence electrons. The van der Waals surface area contributed by atoms with Gasteiger partial charge in [0.15, 0.2) is 0 Å². The number of rotatable bonds is 3. The summed E-state index contributed by atoms with van der Waals surface area (Å²) in [6, 6.07) is 0.562. The monoisotopic (exact) mass is 275 g/mol. The Bertz CT molecular complexity index is 657. The van der Waals surface area contributed by atoms with Crippen molar-refractivity contribution in [1.29, 1.82) is 0 Å². The number of imidazole rings is 1. The molecule has 4 rings (SSSR count). The standard InChI is InChI=1S/C13H13N3O2S/c17-13(18)8-3-4-10-11(8)15-12(19-10)9-5-14-6-16(9)7-1-2-7/h5-8H,1-4H2,(H,17,18). The Morgan fingerprint density at radius 3 is 3.00 bits per heavy atom. The van der Waals surface area contributed by atoms with Gasteiger partial charge in [-0.05, 0) is 25.7 Å². The molecule has 2 aliphatic carbocycles. The Morgan fingerprint density at radius 2 is 2.26 bits per heavy atom. The smallest absolute Gasteiger partial charge is 0.312 e. The number of fused-ring (bicyclic) bond motifs is 1. The van der Waals surface area contributed by atoms with E-state index < -0.39 is 11.9 Å². The van der Waals surface area contributed by atoms with Crippen LogP contribution < -0.4 is 0 Å². The SMILES string of the molecule is O=C(O)C1CCc2sc(-c3cncn3C3CC3)nc21. The zero-order valence-electron chi connectivity index (χ0n) is 10.2. The molecule has 1 unspecified atom stereocenters. The van der Waals surface area contributed by atoms with Gasteiger partial charge in [0.25, 0.3) is 0 Å². The molecule has 2 heterocycles. The first kappa shape index (κ1) is 11.2. The van der Waals surface area contributed by atoms with Crippen LogP contribution in [0.2, 0.25) is 0 Å². The van der Waals surface area contributed by atoms with Crippen LogP contribution in [-0.2, 0) is 11.2 Å². The number of aromatic nitrogens is 3. The largest absolute Gasteiger partial charge is 0.481 e. The van der Waals surface area contributed by atoms with E-state index in [1.807, 2.05) is 12.5 Å². The second-order valence-corrected chi connectivity index (χ2v) is 6.26. The third kappa shape index (κ3) is 1.70. The van der Waals surface area contributed by atoms with Gasteiger partial charge in [-0.25, -0.2) is 9.97 Å². The predicted octanol–water partition coefficient (Wildman–Crippen LogP) is 2.46. The van der Waals surface area contributed by atoms with Gasteiger partial charge in [0.2, 0.25) is 0 Å². The molecule has 6 heteroatoms. The summed E-state index contributed by atoms with van der Waals surface area (Å²) in [5.41, 5.74) is 1.81. The van der Waals surface area contributed by atoms with Crippen molar-refractivity contribution >= 4 is 17.3 Å². The average Bonchev–Trinajstić information content (AvgIpc) is 2.83. The van der Waals surface area contributed by atoms with Gasteiger partial charge in [0, 0.05) is 10.9 Å². The minimum Gasteiger partial charge on any atom is -0.481 e. The molecule has 0 radical (unpaired) electrons. The quantitative estimate of drug-likeness (QED) is 0.934. The maximum Gasteiger partial charge on any atom is 0.312 e. The van der Waals surface area contributed by atoms with Crippen LogP contribution in [0.5, 0.6) is 0 Å². The van der Waals surface area contributed by atoms with Crippen LogP contribution in [0.3, 0.4) is 0 Å². The van der Waals surface area contributed by atoms with Crippen LogP contribution in [0.15, 0.2) is 12.5 Å². The van der Waals surface area contributed by atoms with Crippen molar-refractivity contribution in [3.63, 3.8) is 0 Å². The normalized spacial score (nSPS) is 21.6. The number of aliphatic carboxylic acids is 1. The molecule has 2 aliphatic rings. The lowest BCUT2D eigenvalue weighted by Crippen LogP contribution is -2.08. The van der Waals surface area contributed by atoms with Gasteiger partial charge in [0.1, 0.15) is 10.9 Å². The Hall–Kier alpha value is -1.69. The number of hydrogen-bond donors (Lipinski definition) is 1. The fourth-order valence-electron chi connectivity index (χ4n) is 2.69. The lowest BCUT2D eigenvalue weighted by Gasteiger charge is -2.04. The van der Waals surface area contributed by atoms with E-state index in [1.165, 1.54) is 12.8 Å². The molecule has 0 bridgehead atoms. The zero-order chi connectivity index (χ0) is 13.0. The van der Waals surface area contributed by atoms with E-state index in [2.05, 4.69) is 14.5 Å². The second-order valence-electron chi connectivity index (χ2n) is 5.17. The summed E-state index contributed by atoms with van der Waals surface area (Å²) >= 11 is 1.62. The van der Waals surface area contributed by atoms with E-state index in [0.29, 0.717) is 12.5 Å². The third-order valence-corrected chi connectivity index (χ3v) is 4.99. The molecule has 1 atom stereocenters. The highest BCUT2D eigenvalue weighted by Crippen LogP contribution is 2.42. The first-order valence-corrected chi connectivity index (χ1v) is 7.30. The van der Waals surface area contributed by atoms with Gasteiger partial charge < -0.3 is 9.67 Å². The van der Waals surface area contributed by atoms with E-state index in [1.54, 1.807) is 11.3 Å². The third-order valence-electron chi connectivity index (χ3n) is 3.84. The zero-order valence-corrected chi connectivity index (χ0v) is 11.1. The van der Waals surface area contributed by atoms with Gasteiger partial charge in [-0.2, -0.15) is 0 Å². The first-order valence-electron chi connectivity index (χ1n) is 6.48. The molecule has 1 fully saturated rings. The Labute approximate surface area is 113 Å². The van der Waals surface area contributed by atoms with Crippen molar-refractivity contribution in [2.24, 2.45) is 0 Å². The Kier molecular flexibility index (Phi) is 2.29. The lowest BCUT2D eigenvalue weighted by atomic mass is 10.1. The lowest BCUT2D eigenvalue weighted by molar-refractivity contribution is -0.138. The number of carboxylic acid groups (broad SMARTS) is 1. The fraction of sp³-hybridized carbons (Fsp3) is 0.462. The van der Waals surface area contributed by atoms with Crippen LogP contribution in [-0.4, -0.2) is 25.6 Å². The van der Waals surface area contributed by atoms with E-state index in [-0.39, 0.29) is 0 Å². The van der Waals surface area contributed by atoms with Crippen molar-refractivity contribution in [3.8, 4) is 10.7 Å². The average molecular weight is 275 g/mol. The number of aryl methyl sites for hydroxylation is 1. The minimum absolute atomic E-state index is 0.419. The van der Waals surface area contributed by atoms with Gasteiger partial charge in [-0.15, -0.1) is 11.3 Å². The number of nitrogens with zero attached hydrogens (tertiary/aromatic N) is 3. The summed E-state index contributed by atoms with van der Waals surface area (Å²) in [4.78, 5) is 21.1. The first-order chi connectivity index (χ1) is 9.24. The molecule has 2 aromatic rings. The van der Waals surface area contributed by atoms with Crippen LogP contribution in [0, 0.1) is 0 Å². The molecule has 2 aromatic heterocycles. The topological polar surface area (TPSA) is 68.0 Å². The summed E-state index contributed by atoms with van der Waals surface area (Å²) in [6.07, 6.45) is 7.61. The minimum atomic E-state index is -0.758. The molecule has 0 saturated heterocycles.